The van der Waals surface area contributed by atoms with Gasteiger partial charge >= 0.3 is 0 Å². The Kier molecular flexibility index (Phi) is 5.56. The SMILES string of the molecule is Cn1cc(CCNS(=O)(=O)CCCCNC2CC2)cn1. The van der Waals surface area contributed by atoms with E-state index in [1.807, 2.05) is 13.2 Å². The predicted octanol–water partition coefficient (Wildman–Crippen LogP) is 0.414. The van der Waals surface area contributed by atoms with Crippen molar-refractivity contribution in [3.8, 4) is 0 Å². The van der Waals surface area contributed by atoms with Crippen LogP contribution in [-0.4, -0.2) is 43.1 Å². The molecule has 0 amide bonds. The molecule has 0 atom stereocenters. The largest absolute Gasteiger partial charge is 0.314 e. The first-order valence-electron chi connectivity index (χ1n) is 7.23. The van der Waals surface area contributed by atoms with E-state index >= 15 is 0 Å². The van der Waals surface area contributed by atoms with Gasteiger partial charge in [0.05, 0.1) is 11.9 Å². The Morgan fingerprint density at radius 3 is 2.80 bits per heavy atom. The Morgan fingerprint density at radius 2 is 2.15 bits per heavy atom. The van der Waals surface area contributed by atoms with Crippen molar-refractivity contribution in [3.63, 3.8) is 0 Å². The van der Waals surface area contributed by atoms with Crippen LogP contribution in [0.15, 0.2) is 12.4 Å². The van der Waals surface area contributed by atoms with Crippen molar-refractivity contribution in [1.29, 1.82) is 0 Å². The Bertz CT molecular complexity index is 508. The van der Waals surface area contributed by atoms with Crippen LogP contribution in [0.1, 0.15) is 31.2 Å². The highest BCUT2D eigenvalue weighted by atomic mass is 32.2. The van der Waals surface area contributed by atoms with Crippen LogP contribution in [-0.2, 0) is 23.5 Å². The van der Waals surface area contributed by atoms with E-state index in [9.17, 15) is 8.42 Å². The van der Waals surface area contributed by atoms with Gasteiger partial charge in [0.15, 0.2) is 0 Å². The van der Waals surface area contributed by atoms with Crippen molar-refractivity contribution in [2.45, 2.75) is 38.1 Å². The second-order valence-corrected chi connectivity index (χ2v) is 7.35. The lowest BCUT2D eigenvalue weighted by molar-refractivity contribution is 0.573. The van der Waals surface area contributed by atoms with Crippen LogP contribution < -0.4 is 10.0 Å². The van der Waals surface area contributed by atoms with Gasteiger partial charge in [-0.15, -0.1) is 0 Å². The van der Waals surface area contributed by atoms with E-state index in [-0.39, 0.29) is 5.75 Å². The molecule has 1 saturated carbocycles. The molecule has 1 aliphatic carbocycles. The summed E-state index contributed by atoms with van der Waals surface area (Å²) in [5, 5.41) is 7.44. The minimum Gasteiger partial charge on any atom is -0.314 e. The summed E-state index contributed by atoms with van der Waals surface area (Å²) in [7, 11) is -1.28. The summed E-state index contributed by atoms with van der Waals surface area (Å²) in [6, 6.07) is 0.698. The maximum Gasteiger partial charge on any atom is 0.211 e. The number of nitrogens with zero attached hydrogens (tertiary/aromatic N) is 2. The highest BCUT2D eigenvalue weighted by molar-refractivity contribution is 7.89. The van der Waals surface area contributed by atoms with Crippen LogP contribution in [0, 0.1) is 0 Å². The molecule has 7 heteroatoms. The van der Waals surface area contributed by atoms with E-state index in [1.165, 1.54) is 12.8 Å². The average Bonchev–Trinajstić information content (AvgIpc) is 3.11. The minimum absolute atomic E-state index is 0.215. The molecule has 1 aromatic rings. The van der Waals surface area contributed by atoms with Gasteiger partial charge in [0, 0.05) is 25.8 Å². The summed E-state index contributed by atoms with van der Waals surface area (Å²) in [5.41, 5.74) is 1.05. The minimum atomic E-state index is -3.13. The molecular weight excluding hydrogens is 276 g/mol. The van der Waals surface area contributed by atoms with E-state index in [1.54, 1.807) is 10.9 Å². The fourth-order valence-corrected chi connectivity index (χ4v) is 3.18. The number of sulfonamides is 1. The number of unbranched alkanes of at least 4 members (excludes halogenated alkanes) is 1. The molecule has 0 bridgehead atoms. The summed E-state index contributed by atoms with van der Waals surface area (Å²) >= 11 is 0. The van der Waals surface area contributed by atoms with Crippen LogP contribution in [0.4, 0.5) is 0 Å². The second kappa shape index (κ2) is 7.19. The van der Waals surface area contributed by atoms with Gasteiger partial charge < -0.3 is 5.32 Å². The van der Waals surface area contributed by atoms with Crippen LogP contribution in [0.2, 0.25) is 0 Å². The van der Waals surface area contributed by atoms with Gasteiger partial charge in [-0.25, -0.2) is 13.1 Å². The number of rotatable bonds is 10. The quantitative estimate of drug-likeness (QED) is 0.614. The van der Waals surface area contributed by atoms with Gasteiger partial charge in [-0.1, -0.05) is 0 Å². The molecule has 0 unspecified atom stereocenters. The molecule has 1 aromatic heterocycles. The van der Waals surface area contributed by atoms with Gasteiger partial charge in [-0.3, -0.25) is 4.68 Å². The average molecular weight is 300 g/mol. The molecule has 0 aliphatic heterocycles. The molecule has 1 aliphatic rings. The first-order valence-corrected chi connectivity index (χ1v) is 8.89. The summed E-state index contributed by atoms with van der Waals surface area (Å²) < 4.78 is 27.9. The molecule has 20 heavy (non-hydrogen) atoms. The molecule has 1 fully saturated rings. The van der Waals surface area contributed by atoms with Crippen LogP contribution in [0.5, 0.6) is 0 Å². The second-order valence-electron chi connectivity index (χ2n) is 5.42. The van der Waals surface area contributed by atoms with Gasteiger partial charge in [0.25, 0.3) is 0 Å². The zero-order chi connectivity index (χ0) is 14.4. The normalized spacial score (nSPS) is 15.7. The van der Waals surface area contributed by atoms with Gasteiger partial charge in [0.2, 0.25) is 10.0 Å². The van der Waals surface area contributed by atoms with Crippen molar-refractivity contribution in [2.75, 3.05) is 18.8 Å². The van der Waals surface area contributed by atoms with Crippen molar-refractivity contribution < 1.29 is 8.42 Å². The van der Waals surface area contributed by atoms with Gasteiger partial charge in [0.1, 0.15) is 0 Å². The Balaban J connectivity index is 1.55. The Labute approximate surface area is 121 Å². The molecule has 0 spiro atoms. The van der Waals surface area contributed by atoms with E-state index in [4.69, 9.17) is 0 Å². The first-order chi connectivity index (χ1) is 9.55. The van der Waals surface area contributed by atoms with Gasteiger partial charge in [-0.05, 0) is 44.2 Å². The van der Waals surface area contributed by atoms with E-state index in [2.05, 4.69) is 15.1 Å². The van der Waals surface area contributed by atoms with Crippen molar-refractivity contribution in [3.05, 3.63) is 18.0 Å². The number of aromatic nitrogens is 2. The van der Waals surface area contributed by atoms with Crippen molar-refractivity contribution in [1.82, 2.24) is 19.8 Å². The summed E-state index contributed by atoms with van der Waals surface area (Å²) in [6.45, 7) is 1.37. The molecule has 0 aromatic carbocycles. The number of hydrogen-bond acceptors (Lipinski definition) is 4. The van der Waals surface area contributed by atoms with E-state index in [0.29, 0.717) is 25.4 Å². The number of nitrogens with one attached hydrogen (secondary N) is 2. The summed E-state index contributed by atoms with van der Waals surface area (Å²) in [4.78, 5) is 0. The Morgan fingerprint density at radius 1 is 1.35 bits per heavy atom. The van der Waals surface area contributed by atoms with E-state index in [0.717, 1.165) is 18.5 Å². The fourth-order valence-electron chi connectivity index (χ4n) is 2.03. The Hall–Kier alpha value is -0.920. The third kappa shape index (κ3) is 6.02. The fraction of sp³-hybridized carbons (Fsp3) is 0.769. The maximum absolute atomic E-state index is 11.8. The summed E-state index contributed by atoms with van der Waals surface area (Å²) in [5.74, 6) is 0.215. The molecular formula is C13H24N4O2S. The van der Waals surface area contributed by atoms with Gasteiger partial charge in [-0.2, -0.15) is 5.10 Å². The lowest BCUT2D eigenvalue weighted by Gasteiger charge is -2.06. The van der Waals surface area contributed by atoms with Crippen LogP contribution in [0.3, 0.4) is 0 Å². The third-order valence-corrected chi connectivity index (χ3v) is 4.81. The molecule has 0 radical (unpaired) electrons. The van der Waals surface area contributed by atoms with Crippen molar-refractivity contribution >= 4 is 10.0 Å². The molecule has 0 saturated heterocycles. The zero-order valence-electron chi connectivity index (χ0n) is 12.0. The first kappa shape index (κ1) is 15.5. The molecule has 1 heterocycles. The highest BCUT2D eigenvalue weighted by Gasteiger charge is 2.19. The highest BCUT2D eigenvalue weighted by Crippen LogP contribution is 2.18. The lowest BCUT2D eigenvalue weighted by Crippen LogP contribution is -2.28. The maximum atomic E-state index is 11.8. The third-order valence-electron chi connectivity index (χ3n) is 3.34. The predicted molar refractivity (Wildman–Crippen MR) is 79.0 cm³/mol. The standard InChI is InChI=1S/C13H24N4O2S/c1-17-11-12(10-15-17)6-8-16-20(18,19)9-3-2-7-14-13-4-5-13/h10-11,13-14,16H,2-9H2,1H3. The number of hydrogen-bond donors (Lipinski definition) is 2. The number of aryl methyl sites for hydroxylation is 1. The molecule has 114 valence electrons. The van der Waals surface area contributed by atoms with Crippen molar-refractivity contribution in [2.24, 2.45) is 7.05 Å². The molecule has 6 nitrogen and oxygen atoms in total. The molecule has 2 rings (SSSR count). The topological polar surface area (TPSA) is 76.0 Å². The smallest absolute Gasteiger partial charge is 0.211 e. The summed E-state index contributed by atoms with van der Waals surface area (Å²) in [6.07, 6.45) is 8.51. The monoisotopic (exact) mass is 300 g/mol. The zero-order valence-corrected chi connectivity index (χ0v) is 12.8. The molecule has 2 N–H and O–H groups in total. The lowest BCUT2D eigenvalue weighted by atomic mass is 10.3. The van der Waals surface area contributed by atoms with E-state index < -0.39 is 10.0 Å². The van der Waals surface area contributed by atoms with Crippen LogP contribution in [0.25, 0.3) is 0 Å². The van der Waals surface area contributed by atoms with Crippen LogP contribution >= 0.6 is 0 Å².